The topological polar surface area (TPSA) is 74.2 Å². The van der Waals surface area contributed by atoms with Crippen molar-refractivity contribution in [1.82, 2.24) is 0 Å². The molecular weight excluding hydrogens is 410 g/mol. The van der Waals surface area contributed by atoms with Crippen LogP contribution in [0.4, 0.5) is 0 Å². The van der Waals surface area contributed by atoms with Crippen LogP contribution in [0.3, 0.4) is 0 Å². The molecule has 1 aliphatic rings. The molecule has 7 heteroatoms. The molecule has 0 N–H and O–H groups in total. The first-order chi connectivity index (χ1) is 14.7. The molecule has 0 saturated heterocycles. The Morgan fingerprint density at radius 3 is 2.16 bits per heavy atom. The molecule has 0 aromatic heterocycles. The smallest absolute Gasteiger partial charge is 0.323 e. The SMILES string of the molecule is CCOC(=O)C1(C(=O)OCC)C[C@@H](CC=NOCc2ccccc2)[C@@H](C[Si](C)(C)C)C1. The monoisotopic (exact) mass is 447 g/mol. The molecule has 0 aliphatic heterocycles. The summed E-state index contributed by atoms with van der Waals surface area (Å²) in [6.45, 7) is 11.4. The van der Waals surface area contributed by atoms with Gasteiger partial charge in [-0.25, -0.2) is 0 Å². The summed E-state index contributed by atoms with van der Waals surface area (Å²) in [7, 11) is -1.41. The van der Waals surface area contributed by atoms with Crippen molar-refractivity contribution in [2.24, 2.45) is 22.4 Å². The quantitative estimate of drug-likeness (QED) is 0.156. The van der Waals surface area contributed by atoms with E-state index in [4.69, 9.17) is 14.3 Å². The standard InChI is InChI=1S/C24H37NO5Si/c1-6-28-22(26)24(23(27)29-7-2)15-20(21(16-24)18-31(3,4)5)13-14-25-30-17-19-11-9-8-10-12-19/h8-12,14,20-21H,6-7,13,15-18H2,1-5H3/t20-,21-/m1/s1. The van der Waals surface area contributed by atoms with Gasteiger partial charge in [0.05, 0.1) is 13.2 Å². The number of ether oxygens (including phenoxy) is 2. The van der Waals surface area contributed by atoms with Gasteiger partial charge >= 0.3 is 11.9 Å². The Balaban J connectivity index is 2.12. The molecule has 0 heterocycles. The largest absolute Gasteiger partial charge is 0.465 e. The van der Waals surface area contributed by atoms with E-state index < -0.39 is 25.4 Å². The molecule has 0 unspecified atom stereocenters. The maximum absolute atomic E-state index is 12.9. The number of carbonyl (C=O) groups is 2. The van der Waals surface area contributed by atoms with Crippen molar-refractivity contribution in [2.45, 2.75) is 65.4 Å². The molecule has 172 valence electrons. The Morgan fingerprint density at radius 1 is 1.03 bits per heavy atom. The van der Waals surface area contributed by atoms with E-state index in [0.717, 1.165) is 11.6 Å². The average Bonchev–Trinajstić information content (AvgIpc) is 3.07. The van der Waals surface area contributed by atoms with Gasteiger partial charge in [0.1, 0.15) is 6.61 Å². The first-order valence-corrected chi connectivity index (χ1v) is 14.9. The zero-order valence-electron chi connectivity index (χ0n) is 19.6. The second-order valence-electron chi connectivity index (χ2n) is 9.50. The fourth-order valence-electron chi connectivity index (χ4n) is 4.49. The minimum absolute atomic E-state index is 0.157. The maximum atomic E-state index is 12.9. The minimum Gasteiger partial charge on any atom is -0.465 e. The lowest BCUT2D eigenvalue weighted by atomic mass is 9.84. The van der Waals surface area contributed by atoms with Crippen molar-refractivity contribution in [3.05, 3.63) is 35.9 Å². The summed E-state index contributed by atoms with van der Waals surface area (Å²) >= 11 is 0. The van der Waals surface area contributed by atoms with Gasteiger partial charge in [0.15, 0.2) is 5.41 Å². The molecule has 2 atom stereocenters. The van der Waals surface area contributed by atoms with E-state index >= 15 is 0 Å². The van der Waals surface area contributed by atoms with Crippen LogP contribution >= 0.6 is 0 Å². The van der Waals surface area contributed by atoms with Crippen molar-refractivity contribution >= 4 is 26.2 Å². The van der Waals surface area contributed by atoms with E-state index in [9.17, 15) is 9.59 Å². The van der Waals surface area contributed by atoms with Crippen LogP contribution in [0.5, 0.6) is 0 Å². The van der Waals surface area contributed by atoms with E-state index in [1.165, 1.54) is 0 Å². The van der Waals surface area contributed by atoms with Gasteiger partial charge < -0.3 is 14.3 Å². The summed E-state index contributed by atoms with van der Waals surface area (Å²) in [5, 5.41) is 4.13. The minimum atomic E-state index is -1.41. The lowest BCUT2D eigenvalue weighted by Gasteiger charge is -2.26. The number of nitrogens with zero attached hydrogens (tertiary/aromatic N) is 1. The van der Waals surface area contributed by atoms with Crippen LogP contribution < -0.4 is 0 Å². The van der Waals surface area contributed by atoms with Crippen LogP contribution in [0.15, 0.2) is 35.5 Å². The first kappa shape index (κ1) is 25.1. The molecule has 1 fully saturated rings. The first-order valence-electron chi connectivity index (χ1n) is 11.2. The third kappa shape index (κ3) is 7.20. The lowest BCUT2D eigenvalue weighted by molar-refractivity contribution is -0.172. The van der Waals surface area contributed by atoms with Crippen molar-refractivity contribution < 1.29 is 23.9 Å². The predicted molar refractivity (Wildman–Crippen MR) is 124 cm³/mol. The molecule has 1 aliphatic carbocycles. The molecular formula is C24H37NO5Si. The van der Waals surface area contributed by atoms with Gasteiger partial charge in [-0.05, 0) is 50.5 Å². The maximum Gasteiger partial charge on any atom is 0.323 e. The van der Waals surface area contributed by atoms with Crippen LogP contribution in [0.1, 0.15) is 38.7 Å². The van der Waals surface area contributed by atoms with Gasteiger partial charge in [-0.15, -0.1) is 0 Å². The Morgan fingerprint density at radius 2 is 1.61 bits per heavy atom. The van der Waals surface area contributed by atoms with Crippen LogP contribution in [0.25, 0.3) is 0 Å². The summed E-state index contributed by atoms with van der Waals surface area (Å²) in [5.74, 6) is -0.492. The second kappa shape index (κ2) is 11.5. The molecule has 31 heavy (non-hydrogen) atoms. The molecule has 1 aromatic carbocycles. The third-order valence-electron chi connectivity index (χ3n) is 5.73. The number of carbonyl (C=O) groups excluding carboxylic acids is 2. The van der Waals surface area contributed by atoms with Gasteiger partial charge in [0.2, 0.25) is 0 Å². The second-order valence-corrected chi connectivity index (χ2v) is 15.0. The van der Waals surface area contributed by atoms with E-state index in [1.54, 1.807) is 20.1 Å². The Labute approximate surface area is 187 Å². The van der Waals surface area contributed by atoms with Gasteiger partial charge in [-0.2, -0.15) is 0 Å². The highest BCUT2D eigenvalue weighted by atomic mass is 28.3. The van der Waals surface area contributed by atoms with Crippen molar-refractivity contribution in [1.29, 1.82) is 0 Å². The van der Waals surface area contributed by atoms with Crippen molar-refractivity contribution in [3.8, 4) is 0 Å². The van der Waals surface area contributed by atoms with Crippen LogP contribution in [0.2, 0.25) is 25.7 Å². The van der Waals surface area contributed by atoms with Gasteiger partial charge in [0, 0.05) is 14.3 Å². The zero-order valence-corrected chi connectivity index (χ0v) is 20.6. The van der Waals surface area contributed by atoms with E-state index in [1.807, 2.05) is 30.3 Å². The highest BCUT2D eigenvalue weighted by Crippen LogP contribution is 2.51. The Kier molecular flexibility index (Phi) is 9.28. The Hall–Kier alpha value is -2.15. The fourth-order valence-corrected chi connectivity index (χ4v) is 6.54. The van der Waals surface area contributed by atoms with Gasteiger partial charge in [-0.1, -0.05) is 61.2 Å². The average molecular weight is 448 g/mol. The van der Waals surface area contributed by atoms with Crippen LogP contribution in [-0.4, -0.2) is 39.4 Å². The summed E-state index contributed by atoms with van der Waals surface area (Å²) in [4.78, 5) is 31.2. The molecule has 0 radical (unpaired) electrons. The summed E-state index contributed by atoms with van der Waals surface area (Å²) in [6.07, 6.45) is 3.35. The molecule has 2 rings (SSSR count). The summed E-state index contributed by atoms with van der Waals surface area (Å²) in [6, 6.07) is 10.9. The zero-order chi connectivity index (χ0) is 22.9. The molecule has 0 spiro atoms. The molecule has 1 aromatic rings. The summed E-state index contributed by atoms with van der Waals surface area (Å²) < 4.78 is 10.7. The van der Waals surface area contributed by atoms with Crippen LogP contribution in [-0.2, 0) is 30.5 Å². The molecule has 1 saturated carbocycles. The number of esters is 2. The third-order valence-corrected chi connectivity index (χ3v) is 7.48. The highest BCUT2D eigenvalue weighted by Gasteiger charge is 2.57. The fraction of sp³-hybridized carbons (Fsp3) is 0.625. The number of rotatable bonds is 11. The van der Waals surface area contributed by atoms with E-state index in [-0.39, 0.29) is 25.0 Å². The molecule has 0 amide bonds. The number of benzene rings is 1. The van der Waals surface area contributed by atoms with Gasteiger partial charge in [-0.3, -0.25) is 9.59 Å². The lowest BCUT2D eigenvalue weighted by Crippen LogP contribution is -2.40. The molecule has 0 bridgehead atoms. The molecule has 6 nitrogen and oxygen atoms in total. The highest BCUT2D eigenvalue weighted by molar-refractivity contribution is 6.76. The normalized spacial score (nSPS) is 20.5. The van der Waals surface area contributed by atoms with Gasteiger partial charge in [0.25, 0.3) is 0 Å². The summed E-state index contributed by atoms with van der Waals surface area (Å²) in [5.41, 5.74) is -0.152. The Bertz CT molecular complexity index is 726. The van der Waals surface area contributed by atoms with Crippen molar-refractivity contribution in [2.75, 3.05) is 13.2 Å². The van der Waals surface area contributed by atoms with Crippen LogP contribution in [0, 0.1) is 17.3 Å². The number of hydrogen-bond acceptors (Lipinski definition) is 6. The van der Waals surface area contributed by atoms with Crippen molar-refractivity contribution in [3.63, 3.8) is 0 Å². The van der Waals surface area contributed by atoms with E-state index in [2.05, 4.69) is 24.8 Å². The number of oxime groups is 1. The predicted octanol–water partition coefficient (Wildman–Crippen LogP) is 5.06. The van der Waals surface area contributed by atoms with E-state index in [0.29, 0.717) is 25.9 Å². The number of hydrogen-bond donors (Lipinski definition) is 0.